The second kappa shape index (κ2) is 5.13. The number of methoxy groups -OCH3 is 1. The molecule has 1 atom stereocenters. The SMILES string of the molecule is COCC(=O)NCC1(c2ccc(F)cc2F)CC1(C)C. The Hall–Kier alpha value is -1.49. The maximum absolute atomic E-state index is 14.0. The highest BCUT2D eigenvalue weighted by molar-refractivity contribution is 5.77. The van der Waals surface area contributed by atoms with E-state index in [1.165, 1.54) is 19.2 Å². The molecule has 0 heterocycles. The molecule has 1 fully saturated rings. The molecule has 1 N–H and O–H groups in total. The third-order valence-electron chi connectivity index (χ3n) is 4.22. The van der Waals surface area contributed by atoms with E-state index < -0.39 is 17.0 Å². The summed E-state index contributed by atoms with van der Waals surface area (Å²) in [6, 6.07) is 3.62. The van der Waals surface area contributed by atoms with Gasteiger partial charge < -0.3 is 10.1 Å². The standard InChI is InChI=1S/C15H19F2NO2/c1-14(2)8-15(14,9-18-13(19)7-20-3)11-5-4-10(16)6-12(11)17/h4-6H,7-9H2,1-3H3,(H,18,19). The Morgan fingerprint density at radius 3 is 2.55 bits per heavy atom. The van der Waals surface area contributed by atoms with Crippen molar-refractivity contribution in [3.63, 3.8) is 0 Å². The average molecular weight is 283 g/mol. The van der Waals surface area contributed by atoms with Crippen molar-refractivity contribution in [1.82, 2.24) is 5.32 Å². The van der Waals surface area contributed by atoms with Crippen LogP contribution in [0.1, 0.15) is 25.8 Å². The van der Waals surface area contributed by atoms with Crippen LogP contribution in [0.3, 0.4) is 0 Å². The molecular weight excluding hydrogens is 264 g/mol. The Bertz CT molecular complexity index is 531. The molecule has 0 spiro atoms. The van der Waals surface area contributed by atoms with Crippen LogP contribution in [-0.4, -0.2) is 26.2 Å². The van der Waals surface area contributed by atoms with Gasteiger partial charge in [-0.2, -0.15) is 0 Å². The van der Waals surface area contributed by atoms with Gasteiger partial charge in [-0.25, -0.2) is 8.78 Å². The van der Waals surface area contributed by atoms with Crippen LogP contribution in [0.25, 0.3) is 0 Å². The van der Waals surface area contributed by atoms with E-state index in [0.717, 1.165) is 12.5 Å². The summed E-state index contributed by atoms with van der Waals surface area (Å²) >= 11 is 0. The third-order valence-corrected chi connectivity index (χ3v) is 4.22. The molecule has 2 rings (SSSR count). The van der Waals surface area contributed by atoms with Crippen LogP contribution in [0.2, 0.25) is 0 Å². The van der Waals surface area contributed by atoms with E-state index in [0.29, 0.717) is 12.1 Å². The predicted molar refractivity (Wildman–Crippen MR) is 71.3 cm³/mol. The van der Waals surface area contributed by atoms with Gasteiger partial charge in [-0.3, -0.25) is 4.79 Å². The molecule has 0 saturated heterocycles. The first-order valence-corrected chi connectivity index (χ1v) is 6.53. The molecule has 1 aromatic carbocycles. The van der Waals surface area contributed by atoms with Gasteiger partial charge in [0.05, 0.1) is 0 Å². The molecular formula is C15H19F2NO2. The minimum absolute atomic E-state index is 0.0254. The molecule has 3 nitrogen and oxygen atoms in total. The van der Waals surface area contributed by atoms with Crippen LogP contribution < -0.4 is 5.32 Å². The van der Waals surface area contributed by atoms with Crippen molar-refractivity contribution < 1.29 is 18.3 Å². The number of amides is 1. The normalized spacial score (nSPS) is 23.4. The smallest absolute Gasteiger partial charge is 0.246 e. The number of ether oxygens (including phenoxy) is 1. The zero-order valence-electron chi connectivity index (χ0n) is 11.9. The van der Waals surface area contributed by atoms with Gasteiger partial charge in [0.15, 0.2) is 0 Å². The average Bonchev–Trinajstić information content (AvgIpc) is 2.90. The van der Waals surface area contributed by atoms with E-state index in [9.17, 15) is 13.6 Å². The van der Waals surface area contributed by atoms with Gasteiger partial charge in [0.1, 0.15) is 18.2 Å². The minimum atomic E-state index is -0.594. The fourth-order valence-corrected chi connectivity index (χ4v) is 2.88. The molecule has 1 aromatic rings. The predicted octanol–water partition coefficient (Wildman–Crippen LogP) is 2.40. The Labute approximate surface area is 117 Å². The molecule has 1 saturated carbocycles. The summed E-state index contributed by atoms with van der Waals surface area (Å²) in [5, 5.41) is 2.76. The summed E-state index contributed by atoms with van der Waals surface area (Å²) in [4.78, 5) is 11.5. The van der Waals surface area contributed by atoms with Crippen molar-refractivity contribution in [3.8, 4) is 0 Å². The molecule has 0 radical (unpaired) electrons. The van der Waals surface area contributed by atoms with Gasteiger partial charge in [-0.05, 0) is 23.5 Å². The lowest BCUT2D eigenvalue weighted by molar-refractivity contribution is -0.124. The highest BCUT2D eigenvalue weighted by Gasteiger charge is 2.62. The number of halogens is 2. The quantitative estimate of drug-likeness (QED) is 0.901. The lowest BCUT2D eigenvalue weighted by Gasteiger charge is -2.22. The van der Waals surface area contributed by atoms with Gasteiger partial charge in [0.25, 0.3) is 0 Å². The molecule has 0 bridgehead atoms. The topological polar surface area (TPSA) is 38.3 Å². The first-order valence-electron chi connectivity index (χ1n) is 6.53. The van der Waals surface area contributed by atoms with Gasteiger partial charge in [0.2, 0.25) is 5.91 Å². The van der Waals surface area contributed by atoms with Crippen LogP contribution >= 0.6 is 0 Å². The summed E-state index contributed by atoms with van der Waals surface area (Å²) in [6.07, 6.45) is 0.746. The Morgan fingerprint density at radius 1 is 1.40 bits per heavy atom. The first-order chi connectivity index (χ1) is 9.32. The molecule has 1 aliphatic rings. The fraction of sp³-hybridized carbons (Fsp3) is 0.533. The third kappa shape index (κ3) is 2.54. The molecule has 0 aromatic heterocycles. The number of carbonyl (C=O) groups is 1. The number of rotatable bonds is 5. The molecule has 1 unspecified atom stereocenters. The minimum Gasteiger partial charge on any atom is -0.375 e. The van der Waals surface area contributed by atoms with Gasteiger partial charge in [-0.15, -0.1) is 0 Å². The number of hydrogen-bond donors (Lipinski definition) is 1. The van der Waals surface area contributed by atoms with Crippen molar-refractivity contribution in [2.24, 2.45) is 5.41 Å². The van der Waals surface area contributed by atoms with Crippen molar-refractivity contribution in [3.05, 3.63) is 35.4 Å². The van der Waals surface area contributed by atoms with Crippen LogP contribution in [-0.2, 0) is 14.9 Å². The van der Waals surface area contributed by atoms with Gasteiger partial charge in [-0.1, -0.05) is 19.9 Å². The van der Waals surface area contributed by atoms with E-state index in [4.69, 9.17) is 4.74 Å². The Kier molecular flexibility index (Phi) is 3.82. The number of carbonyl (C=O) groups excluding carboxylic acids is 1. The van der Waals surface area contributed by atoms with Gasteiger partial charge in [0, 0.05) is 25.1 Å². The maximum Gasteiger partial charge on any atom is 0.246 e. The van der Waals surface area contributed by atoms with Crippen molar-refractivity contribution in [2.75, 3.05) is 20.3 Å². The summed E-state index contributed by atoms with van der Waals surface area (Å²) in [6.45, 7) is 4.32. The van der Waals surface area contributed by atoms with Gasteiger partial charge >= 0.3 is 0 Å². The highest BCUT2D eigenvalue weighted by Crippen LogP contribution is 2.64. The zero-order valence-corrected chi connectivity index (χ0v) is 11.9. The van der Waals surface area contributed by atoms with Crippen molar-refractivity contribution >= 4 is 5.91 Å². The second-order valence-corrected chi connectivity index (χ2v) is 5.98. The summed E-state index contributed by atoms with van der Waals surface area (Å²) < 4.78 is 31.8. The lowest BCUT2D eigenvalue weighted by atomic mass is 9.87. The monoisotopic (exact) mass is 283 g/mol. The summed E-state index contributed by atoms with van der Waals surface area (Å²) in [7, 11) is 1.44. The number of hydrogen-bond acceptors (Lipinski definition) is 2. The Balaban J connectivity index is 2.21. The molecule has 1 aliphatic carbocycles. The van der Waals surface area contributed by atoms with Crippen molar-refractivity contribution in [2.45, 2.75) is 25.7 Å². The van der Waals surface area contributed by atoms with E-state index in [-0.39, 0.29) is 17.9 Å². The summed E-state index contributed by atoms with van der Waals surface area (Å²) in [5.74, 6) is -1.39. The van der Waals surface area contributed by atoms with Crippen LogP contribution in [0, 0.1) is 17.0 Å². The first kappa shape index (κ1) is 14.9. The highest BCUT2D eigenvalue weighted by atomic mass is 19.1. The molecule has 1 amide bonds. The van der Waals surface area contributed by atoms with E-state index in [2.05, 4.69) is 5.32 Å². The van der Waals surface area contributed by atoms with E-state index >= 15 is 0 Å². The maximum atomic E-state index is 14.0. The largest absolute Gasteiger partial charge is 0.375 e. The van der Waals surface area contributed by atoms with Crippen LogP contribution in [0.4, 0.5) is 8.78 Å². The summed E-state index contributed by atoms with van der Waals surface area (Å²) in [5.41, 5.74) is -0.151. The zero-order chi connectivity index (χ0) is 15.0. The molecule has 0 aliphatic heterocycles. The lowest BCUT2D eigenvalue weighted by Crippen LogP contribution is -2.37. The van der Waals surface area contributed by atoms with Crippen molar-refractivity contribution in [1.29, 1.82) is 0 Å². The number of nitrogens with one attached hydrogen (secondary N) is 1. The second-order valence-electron chi connectivity index (χ2n) is 5.98. The molecule has 5 heteroatoms. The fourth-order valence-electron chi connectivity index (χ4n) is 2.88. The van der Waals surface area contributed by atoms with Crippen LogP contribution in [0.5, 0.6) is 0 Å². The van der Waals surface area contributed by atoms with E-state index in [1.54, 1.807) is 0 Å². The number of benzene rings is 1. The van der Waals surface area contributed by atoms with E-state index in [1.807, 2.05) is 13.8 Å². The van der Waals surface area contributed by atoms with Crippen LogP contribution in [0.15, 0.2) is 18.2 Å². The Morgan fingerprint density at radius 2 is 2.05 bits per heavy atom. The molecule has 110 valence electrons. The molecule has 20 heavy (non-hydrogen) atoms.